The Labute approximate surface area is 111 Å². The summed E-state index contributed by atoms with van der Waals surface area (Å²) in [7, 11) is 0. The number of rotatable bonds is 6. The predicted octanol–water partition coefficient (Wildman–Crippen LogP) is 1.97. The second-order valence-corrected chi connectivity index (χ2v) is 3.96. The van der Waals surface area contributed by atoms with Crippen molar-refractivity contribution in [2.45, 2.75) is 12.8 Å². The molecule has 0 aliphatic carbocycles. The van der Waals surface area contributed by atoms with Gasteiger partial charge in [0.1, 0.15) is 0 Å². The van der Waals surface area contributed by atoms with Gasteiger partial charge >= 0.3 is 0 Å². The Morgan fingerprint density at radius 3 is 2.84 bits per heavy atom. The third kappa shape index (κ3) is 3.77. The van der Waals surface area contributed by atoms with E-state index in [9.17, 15) is 4.79 Å². The number of nitrogens with one attached hydrogen (secondary N) is 1. The van der Waals surface area contributed by atoms with Gasteiger partial charge in [-0.15, -0.1) is 16.8 Å². The Hall–Kier alpha value is -2.43. The van der Waals surface area contributed by atoms with E-state index >= 15 is 0 Å². The first-order valence-corrected chi connectivity index (χ1v) is 6.05. The zero-order valence-corrected chi connectivity index (χ0v) is 10.5. The number of aryl methyl sites for hydroxylation is 1. The van der Waals surface area contributed by atoms with Crippen LogP contribution < -0.4 is 5.32 Å². The standard InChI is InChI=1S/C14H15N3O2/c1-2-10-15-12(18)8-9-13-16-17-14(19-13)11-6-4-3-5-7-11/h2-7H,1,8-10H2,(H,15,18). The molecule has 0 radical (unpaired) electrons. The summed E-state index contributed by atoms with van der Waals surface area (Å²) in [5.74, 6) is 0.883. The SMILES string of the molecule is C=CCNC(=O)CCc1nnc(-c2ccccc2)o1. The van der Waals surface area contributed by atoms with Crippen molar-refractivity contribution in [3.05, 3.63) is 48.9 Å². The van der Waals surface area contributed by atoms with Crippen molar-refractivity contribution >= 4 is 5.91 Å². The van der Waals surface area contributed by atoms with Crippen LogP contribution in [-0.4, -0.2) is 22.6 Å². The second kappa shape index (κ2) is 6.49. The highest BCUT2D eigenvalue weighted by atomic mass is 16.4. The minimum Gasteiger partial charge on any atom is -0.421 e. The number of carbonyl (C=O) groups excluding carboxylic acids is 1. The fourth-order valence-corrected chi connectivity index (χ4v) is 1.55. The molecule has 0 saturated carbocycles. The molecule has 1 aromatic carbocycles. The zero-order chi connectivity index (χ0) is 13.5. The summed E-state index contributed by atoms with van der Waals surface area (Å²) in [6, 6.07) is 9.52. The number of hydrogen-bond donors (Lipinski definition) is 1. The summed E-state index contributed by atoms with van der Waals surface area (Å²) in [6.45, 7) is 4.00. The van der Waals surface area contributed by atoms with Gasteiger partial charge in [0, 0.05) is 24.9 Å². The van der Waals surface area contributed by atoms with Crippen LogP contribution in [0.1, 0.15) is 12.3 Å². The van der Waals surface area contributed by atoms with Gasteiger partial charge in [-0.3, -0.25) is 4.79 Å². The molecule has 0 atom stereocenters. The summed E-state index contributed by atoms with van der Waals surface area (Å²) in [6.07, 6.45) is 2.39. The average molecular weight is 257 g/mol. The zero-order valence-electron chi connectivity index (χ0n) is 10.5. The highest BCUT2D eigenvalue weighted by Gasteiger charge is 2.09. The third-order valence-corrected chi connectivity index (χ3v) is 2.50. The van der Waals surface area contributed by atoms with Crippen LogP contribution in [0.15, 0.2) is 47.4 Å². The quantitative estimate of drug-likeness (QED) is 0.803. The molecule has 1 amide bonds. The molecular weight excluding hydrogens is 242 g/mol. The van der Waals surface area contributed by atoms with E-state index in [0.717, 1.165) is 5.56 Å². The van der Waals surface area contributed by atoms with Gasteiger partial charge in [0.05, 0.1) is 0 Å². The first-order chi connectivity index (χ1) is 9.29. The predicted molar refractivity (Wildman–Crippen MR) is 71.3 cm³/mol. The minimum atomic E-state index is -0.0561. The molecule has 0 fully saturated rings. The highest BCUT2D eigenvalue weighted by Crippen LogP contribution is 2.17. The van der Waals surface area contributed by atoms with Crippen LogP contribution in [0, 0.1) is 0 Å². The van der Waals surface area contributed by atoms with Gasteiger partial charge < -0.3 is 9.73 Å². The van der Waals surface area contributed by atoms with E-state index in [4.69, 9.17) is 4.42 Å². The first-order valence-electron chi connectivity index (χ1n) is 6.05. The molecule has 5 nitrogen and oxygen atoms in total. The molecule has 0 saturated heterocycles. The lowest BCUT2D eigenvalue weighted by Gasteiger charge is -1.99. The number of benzene rings is 1. The summed E-state index contributed by atoms with van der Waals surface area (Å²) >= 11 is 0. The smallest absolute Gasteiger partial charge is 0.247 e. The number of hydrogen-bond acceptors (Lipinski definition) is 4. The first kappa shape index (κ1) is 13.0. The molecule has 5 heteroatoms. The van der Waals surface area contributed by atoms with Gasteiger partial charge in [-0.25, -0.2) is 0 Å². The van der Waals surface area contributed by atoms with Crippen molar-refractivity contribution in [2.75, 3.05) is 6.54 Å². The lowest BCUT2D eigenvalue weighted by Crippen LogP contribution is -2.23. The van der Waals surface area contributed by atoms with Crippen LogP contribution in [-0.2, 0) is 11.2 Å². The van der Waals surface area contributed by atoms with Crippen molar-refractivity contribution in [3.63, 3.8) is 0 Å². The van der Waals surface area contributed by atoms with E-state index in [1.165, 1.54) is 0 Å². The average Bonchev–Trinajstić information content (AvgIpc) is 2.93. The highest BCUT2D eigenvalue weighted by molar-refractivity contribution is 5.76. The van der Waals surface area contributed by atoms with E-state index in [1.807, 2.05) is 30.3 Å². The van der Waals surface area contributed by atoms with Gasteiger partial charge in [0.25, 0.3) is 0 Å². The fraction of sp³-hybridized carbons (Fsp3) is 0.214. The van der Waals surface area contributed by atoms with Crippen molar-refractivity contribution in [3.8, 4) is 11.5 Å². The number of aromatic nitrogens is 2. The molecule has 1 N–H and O–H groups in total. The number of amides is 1. The van der Waals surface area contributed by atoms with Crippen LogP contribution >= 0.6 is 0 Å². The molecule has 1 heterocycles. The maximum Gasteiger partial charge on any atom is 0.247 e. The van der Waals surface area contributed by atoms with E-state index in [2.05, 4.69) is 22.1 Å². The molecule has 0 bridgehead atoms. The molecule has 98 valence electrons. The van der Waals surface area contributed by atoms with Gasteiger partial charge in [-0.1, -0.05) is 24.3 Å². The molecule has 2 rings (SSSR count). The summed E-state index contributed by atoms with van der Waals surface area (Å²) < 4.78 is 5.50. The fourth-order valence-electron chi connectivity index (χ4n) is 1.55. The summed E-state index contributed by atoms with van der Waals surface area (Å²) in [5, 5.41) is 10.6. The van der Waals surface area contributed by atoms with Gasteiger partial charge in [0.15, 0.2) is 0 Å². The Kier molecular flexibility index (Phi) is 4.44. The van der Waals surface area contributed by atoms with Crippen LogP contribution in [0.3, 0.4) is 0 Å². The topological polar surface area (TPSA) is 68.0 Å². The molecule has 0 unspecified atom stereocenters. The molecular formula is C14H15N3O2. The minimum absolute atomic E-state index is 0.0561. The Morgan fingerprint density at radius 2 is 2.11 bits per heavy atom. The van der Waals surface area contributed by atoms with Crippen LogP contribution in [0.5, 0.6) is 0 Å². The Bertz CT molecular complexity index is 549. The molecule has 0 aliphatic heterocycles. The van der Waals surface area contributed by atoms with E-state index < -0.39 is 0 Å². The van der Waals surface area contributed by atoms with Gasteiger partial charge in [-0.2, -0.15) is 0 Å². The van der Waals surface area contributed by atoms with Crippen molar-refractivity contribution in [1.82, 2.24) is 15.5 Å². The van der Waals surface area contributed by atoms with E-state index in [0.29, 0.717) is 31.2 Å². The van der Waals surface area contributed by atoms with Crippen LogP contribution in [0.4, 0.5) is 0 Å². The Morgan fingerprint density at radius 1 is 1.32 bits per heavy atom. The Balaban J connectivity index is 1.91. The van der Waals surface area contributed by atoms with Crippen molar-refractivity contribution in [1.29, 1.82) is 0 Å². The maximum absolute atomic E-state index is 11.4. The van der Waals surface area contributed by atoms with Gasteiger partial charge in [0.2, 0.25) is 17.7 Å². The van der Waals surface area contributed by atoms with Crippen molar-refractivity contribution < 1.29 is 9.21 Å². The van der Waals surface area contributed by atoms with Crippen molar-refractivity contribution in [2.24, 2.45) is 0 Å². The normalized spacial score (nSPS) is 10.1. The van der Waals surface area contributed by atoms with Crippen LogP contribution in [0.2, 0.25) is 0 Å². The lowest BCUT2D eigenvalue weighted by molar-refractivity contribution is -0.120. The molecule has 19 heavy (non-hydrogen) atoms. The largest absolute Gasteiger partial charge is 0.421 e. The monoisotopic (exact) mass is 257 g/mol. The molecule has 1 aromatic heterocycles. The lowest BCUT2D eigenvalue weighted by atomic mass is 10.2. The molecule has 2 aromatic rings. The second-order valence-electron chi connectivity index (χ2n) is 3.96. The van der Waals surface area contributed by atoms with Gasteiger partial charge in [-0.05, 0) is 12.1 Å². The third-order valence-electron chi connectivity index (χ3n) is 2.50. The summed E-state index contributed by atoms with van der Waals surface area (Å²) in [4.78, 5) is 11.4. The molecule has 0 aliphatic rings. The summed E-state index contributed by atoms with van der Waals surface area (Å²) in [5.41, 5.74) is 0.873. The molecule has 0 spiro atoms. The maximum atomic E-state index is 11.4. The number of nitrogens with zero attached hydrogens (tertiary/aromatic N) is 2. The van der Waals surface area contributed by atoms with E-state index in [-0.39, 0.29) is 5.91 Å². The number of carbonyl (C=O) groups is 1. The van der Waals surface area contributed by atoms with Crippen LogP contribution in [0.25, 0.3) is 11.5 Å². The van der Waals surface area contributed by atoms with E-state index in [1.54, 1.807) is 6.08 Å².